The summed E-state index contributed by atoms with van der Waals surface area (Å²) in [6.07, 6.45) is 12.5. The predicted octanol–water partition coefficient (Wildman–Crippen LogP) is 13.6. The highest BCUT2D eigenvalue weighted by molar-refractivity contribution is 5.93. The van der Waals surface area contributed by atoms with Crippen molar-refractivity contribution >= 4 is 17.1 Å². The summed E-state index contributed by atoms with van der Waals surface area (Å²) in [5, 5.41) is 0. The van der Waals surface area contributed by atoms with Gasteiger partial charge in [-0.1, -0.05) is 116 Å². The Morgan fingerprint density at radius 1 is 0.426 bits per heavy atom. The van der Waals surface area contributed by atoms with Gasteiger partial charge in [-0.2, -0.15) is 0 Å². The Balaban J connectivity index is 1.06. The average Bonchev–Trinajstić information content (AvgIpc) is 3.98. The van der Waals surface area contributed by atoms with E-state index in [-0.39, 0.29) is 10.8 Å². The van der Waals surface area contributed by atoms with Gasteiger partial charge in [0.2, 0.25) is 0 Å². The van der Waals surface area contributed by atoms with Gasteiger partial charge in [0, 0.05) is 22.2 Å². The molecule has 0 N–H and O–H groups in total. The lowest BCUT2D eigenvalue weighted by Gasteiger charge is -2.61. The highest BCUT2D eigenvalue weighted by atomic mass is 15.1. The fourth-order valence-electron chi connectivity index (χ4n) is 14.8. The van der Waals surface area contributed by atoms with E-state index in [1.54, 1.807) is 22.3 Å². The molecule has 6 fully saturated rings. The second kappa shape index (κ2) is 10.9. The zero-order valence-electron chi connectivity index (χ0n) is 31.1. The molecule has 0 heterocycles. The van der Waals surface area contributed by atoms with Crippen molar-refractivity contribution in [1.82, 2.24) is 0 Å². The van der Waals surface area contributed by atoms with Gasteiger partial charge in [0.25, 0.3) is 0 Å². The van der Waals surface area contributed by atoms with Crippen LogP contribution in [0.5, 0.6) is 0 Å². The summed E-state index contributed by atoms with van der Waals surface area (Å²) in [7, 11) is 0. The minimum absolute atomic E-state index is 0.0803. The monoisotopic (exact) mass is 697 g/mol. The van der Waals surface area contributed by atoms with Gasteiger partial charge in [0.15, 0.2) is 0 Å². The van der Waals surface area contributed by atoms with Gasteiger partial charge in [-0.3, -0.25) is 0 Å². The summed E-state index contributed by atoms with van der Waals surface area (Å²) in [5.74, 6) is 4.86. The molecule has 8 aliphatic rings. The predicted molar refractivity (Wildman–Crippen MR) is 221 cm³/mol. The van der Waals surface area contributed by atoms with Crippen LogP contribution in [-0.2, 0) is 10.8 Å². The zero-order chi connectivity index (χ0) is 35.2. The molecule has 0 saturated heterocycles. The number of rotatable bonds is 4. The van der Waals surface area contributed by atoms with E-state index in [0.717, 1.165) is 23.7 Å². The second-order valence-electron chi connectivity index (χ2n) is 18.5. The van der Waals surface area contributed by atoms with Crippen molar-refractivity contribution in [3.05, 3.63) is 162 Å². The van der Waals surface area contributed by atoms with Gasteiger partial charge in [-0.25, -0.2) is 0 Å². The first-order chi connectivity index (χ1) is 26.7. The first-order valence-corrected chi connectivity index (χ1v) is 21.1. The fourth-order valence-corrected chi connectivity index (χ4v) is 14.8. The van der Waals surface area contributed by atoms with Gasteiger partial charge in [0.05, 0.1) is 5.69 Å². The van der Waals surface area contributed by atoms with Crippen LogP contribution in [0.1, 0.15) is 80.0 Å². The summed E-state index contributed by atoms with van der Waals surface area (Å²) < 4.78 is 0. The van der Waals surface area contributed by atoms with E-state index in [1.165, 1.54) is 108 Å². The van der Waals surface area contributed by atoms with Gasteiger partial charge < -0.3 is 4.90 Å². The van der Waals surface area contributed by atoms with Crippen molar-refractivity contribution < 1.29 is 0 Å². The molecule has 3 atom stereocenters. The third-order valence-electron chi connectivity index (χ3n) is 16.3. The molecule has 264 valence electrons. The molecular weight excluding hydrogens is 651 g/mol. The lowest BCUT2D eigenvalue weighted by Crippen LogP contribution is -2.55. The van der Waals surface area contributed by atoms with Crippen LogP contribution in [0, 0.1) is 35.5 Å². The highest BCUT2D eigenvalue weighted by Gasteiger charge is 2.63. The van der Waals surface area contributed by atoms with Crippen LogP contribution in [0.25, 0.3) is 33.4 Å². The van der Waals surface area contributed by atoms with Crippen LogP contribution in [0.15, 0.2) is 140 Å². The molecule has 6 bridgehead atoms. The van der Waals surface area contributed by atoms with Crippen molar-refractivity contribution in [3.63, 3.8) is 0 Å². The maximum absolute atomic E-state index is 2.70. The van der Waals surface area contributed by atoms with Gasteiger partial charge >= 0.3 is 0 Å². The van der Waals surface area contributed by atoms with Crippen LogP contribution in [0.4, 0.5) is 17.1 Å². The minimum Gasteiger partial charge on any atom is -0.310 e. The van der Waals surface area contributed by atoms with E-state index < -0.39 is 0 Å². The van der Waals surface area contributed by atoms with Crippen molar-refractivity contribution in [2.24, 2.45) is 35.5 Å². The van der Waals surface area contributed by atoms with Crippen molar-refractivity contribution in [1.29, 1.82) is 0 Å². The van der Waals surface area contributed by atoms with Crippen LogP contribution < -0.4 is 4.90 Å². The fraction of sp³-hybridized carbons (Fsp3) is 0.321. The molecule has 1 heteroatoms. The van der Waals surface area contributed by atoms with Crippen LogP contribution in [0.2, 0.25) is 0 Å². The molecular formula is C53H47N. The van der Waals surface area contributed by atoms with Crippen molar-refractivity contribution in [3.8, 4) is 33.4 Å². The number of nitrogens with zero attached hydrogens (tertiary/aromatic N) is 1. The van der Waals surface area contributed by atoms with Crippen molar-refractivity contribution in [2.75, 3.05) is 4.90 Å². The first kappa shape index (κ1) is 30.4. The third-order valence-corrected chi connectivity index (χ3v) is 16.3. The summed E-state index contributed by atoms with van der Waals surface area (Å²) in [5.41, 5.74) is 19.1. The van der Waals surface area contributed by atoms with E-state index >= 15 is 0 Å². The molecule has 54 heavy (non-hydrogen) atoms. The summed E-state index contributed by atoms with van der Waals surface area (Å²) in [4.78, 5) is 2.70. The van der Waals surface area contributed by atoms with Crippen molar-refractivity contribution in [2.45, 2.75) is 68.6 Å². The van der Waals surface area contributed by atoms with Crippen LogP contribution in [-0.4, -0.2) is 0 Å². The quantitative estimate of drug-likeness (QED) is 0.177. The number of benzene rings is 6. The SMILES string of the molecule is c1ccc(-c2ccc(N(c3ccc4c(c3)C3(CC5CCC3C5)c3ccccc3-4)c3cccc4c3C3(c5ccccc5-4)C4CC5CC(C4)CC3C5)cc2)cc1. The average molecular weight is 698 g/mol. The molecule has 6 saturated carbocycles. The van der Waals surface area contributed by atoms with Crippen LogP contribution in [0.3, 0.4) is 0 Å². The molecule has 6 aromatic carbocycles. The zero-order valence-corrected chi connectivity index (χ0v) is 31.1. The Morgan fingerprint density at radius 3 is 1.76 bits per heavy atom. The maximum Gasteiger partial charge on any atom is 0.0509 e. The Hall–Kier alpha value is -4.88. The topological polar surface area (TPSA) is 3.24 Å². The van der Waals surface area contributed by atoms with Gasteiger partial charge in [-0.15, -0.1) is 0 Å². The molecule has 0 aliphatic heterocycles. The number of hydrogen-bond donors (Lipinski definition) is 0. The molecule has 3 unspecified atom stereocenters. The number of hydrogen-bond acceptors (Lipinski definition) is 1. The molecule has 1 nitrogen and oxygen atoms in total. The van der Waals surface area contributed by atoms with E-state index in [1.807, 2.05) is 0 Å². The Kier molecular flexibility index (Phi) is 6.13. The minimum atomic E-state index is 0.0803. The molecule has 8 aliphatic carbocycles. The Morgan fingerprint density at radius 2 is 1.04 bits per heavy atom. The largest absolute Gasteiger partial charge is 0.310 e. The van der Waals surface area contributed by atoms with Crippen LogP contribution >= 0.6 is 0 Å². The first-order valence-electron chi connectivity index (χ1n) is 21.1. The van der Waals surface area contributed by atoms with E-state index in [0.29, 0.717) is 11.8 Å². The highest BCUT2D eigenvalue weighted by Crippen LogP contribution is 2.71. The summed E-state index contributed by atoms with van der Waals surface area (Å²) >= 11 is 0. The van der Waals surface area contributed by atoms with Gasteiger partial charge in [0.1, 0.15) is 0 Å². The lowest BCUT2D eigenvalue weighted by molar-refractivity contribution is -0.0397. The molecule has 6 aromatic rings. The number of anilines is 3. The van der Waals surface area contributed by atoms with Gasteiger partial charge in [-0.05, 0) is 173 Å². The lowest BCUT2D eigenvalue weighted by atomic mass is 9.43. The second-order valence-corrected chi connectivity index (χ2v) is 18.5. The summed E-state index contributed by atoms with van der Waals surface area (Å²) in [6, 6.07) is 54.4. The maximum atomic E-state index is 2.70. The normalized spacial score (nSPS) is 31.2. The standard InChI is InChI=1S/C53H47N/c1-2-9-36(10-3-1)37-18-21-41(22-19-37)54(42-23-24-45-43-11-4-6-14-47(43)52(49(45)31-42)32-33-17-20-38(52)26-33)50-16-8-13-46-44-12-5-7-15-48(44)53(51(46)50)39-27-34-25-35(29-39)30-40(53)28-34/h1-16,18-19,21-24,31,33-35,38-40H,17,20,25-30,32H2. The Labute approximate surface area is 320 Å². The Bertz CT molecular complexity index is 2460. The summed E-state index contributed by atoms with van der Waals surface area (Å²) in [6.45, 7) is 0. The molecule has 0 amide bonds. The molecule has 0 radical (unpaired) electrons. The number of fused-ring (bicyclic) bond motifs is 11. The smallest absolute Gasteiger partial charge is 0.0509 e. The van der Waals surface area contributed by atoms with E-state index in [2.05, 4.69) is 144 Å². The molecule has 0 aromatic heterocycles. The molecule has 2 spiro atoms. The van der Waals surface area contributed by atoms with E-state index in [4.69, 9.17) is 0 Å². The third kappa shape index (κ3) is 3.81. The van der Waals surface area contributed by atoms with E-state index in [9.17, 15) is 0 Å². The molecule has 14 rings (SSSR count).